The third-order valence-corrected chi connectivity index (χ3v) is 6.62. The van der Waals surface area contributed by atoms with Crippen LogP contribution in [-0.4, -0.2) is 38.9 Å². The molecule has 1 saturated heterocycles. The van der Waals surface area contributed by atoms with Crippen molar-refractivity contribution in [3.63, 3.8) is 0 Å². The number of piperazine rings is 1. The average molecular weight is 362 g/mol. The van der Waals surface area contributed by atoms with E-state index in [4.69, 9.17) is 0 Å². The van der Waals surface area contributed by atoms with E-state index in [0.29, 0.717) is 26.2 Å². The average Bonchev–Trinajstić information content (AvgIpc) is 2.62. The first-order valence-electron chi connectivity index (χ1n) is 8.52. The van der Waals surface area contributed by atoms with E-state index in [2.05, 4.69) is 36.9 Å². The first-order chi connectivity index (χ1) is 11.9. The van der Waals surface area contributed by atoms with Gasteiger partial charge in [-0.2, -0.15) is 4.31 Å². The zero-order valence-corrected chi connectivity index (χ0v) is 15.4. The molecule has 1 heterocycles. The third kappa shape index (κ3) is 3.55. The summed E-state index contributed by atoms with van der Waals surface area (Å²) < 4.78 is 40.0. The van der Waals surface area contributed by atoms with Crippen LogP contribution in [0, 0.1) is 12.7 Å². The molecule has 1 aliphatic rings. The molecule has 25 heavy (non-hydrogen) atoms. The van der Waals surface area contributed by atoms with Crippen LogP contribution in [0.1, 0.15) is 18.1 Å². The van der Waals surface area contributed by atoms with Gasteiger partial charge in [0.05, 0.1) is 4.90 Å². The minimum atomic E-state index is -3.57. The molecule has 0 aliphatic carbocycles. The number of benzene rings is 2. The zero-order valence-electron chi connectivity index (χ0n) is 14.6. The smallest absolute Gasteiger partial charge is 0.243 e. The number of rotatable bonds is 4. The predicted molar refractivity (Wildman–Crippen MR) is 97.9 cm³/mol. The van der Waals surface area contributed by atoms with Crippen molar-refractivity contribution in [1.82, 2.24) is 4.31 Å². The fourth-order valence-electron chi connectivity index (χ4n) is 3.37. The lowest BCUT2D eigenvalue weighted by molar-refractivity contribution is 0.384. The standard InChI is InChI=1S/C19H23FN2O2S/c1-3-16-6-4-5-15(2)19(16)21-11-13-22(14-12-21)25(23,24)18-9-7-17(20)8-10-18/h4-10H,3,11-14H2,1-2H3. The molecule has 2 aromatic carbocycles. The van der Waals surface area contributed by atoms with Crippen LogP contribution in [0.25, 0.3) is 0 Å². The van der Waals surface area contributed by atoms with Gasteiger partial charge in [0.15, 0.2) is 0 Å². The molecule has 3 rings (SSSR count). The van der Waals surface area contributed by atoms with Crippen LogP contribution in [0.15, 0.2) is 47.4 Å². The summed E-state index contributed by atoms with van der Waals surface area (Å²) >= 11 is 0. The Morgan fingerprint density at radius 3 is 2.24 bits per heavy atom. The lowest BCUT2D eigenvalue weighted by Crippen LogP contribution is -2.49. The fourth-order valence-corrected chi connectivity index (χ4v) is 4.79. The minimum absolute atomic E-state index is 0.146. The number of halogens is 1. The second-order valence-electron chi connectivity index (χ2n) is 6.28. The van der Waals surface area contributed by atoms with Crippen molar-refractivity contribution in [3.8, 4) is 0 Å². The Hall–Kier alpha value is -1.92. The number of anilines is 1. The normalized spacial score (nSPS) is 16.2. The summed E-state index contributed by atoms with van der Waals surface area (Å²) in [5.41, 5.74) is 3.73. The van der Waals surface area contributed by atoms with Gasteiger partial charge >= 0.3 is 0 Å². The van der Waals surface area contributed by atoms with Crippen LogP contribution >= 0.6 is 0 Å². The molecule has 0 unspecified atom stereocenters. The Bertz CT molecular complexity index is 842. The van der Waals surface area contributed by atoms with Crippen LogP contribution in [-0.2, 0) is 16.4 Å². The van der Waals surface area contributed by atoms with Gasteiger partial charge in [0.2, 0.25) is 10.0 Å². The van der Waals surface area contributed by atoms with Gasteiger partial charge in [0.25, 0.3) is 0 Å². The molecule has 0 spiro atoms. The molecule has 0 N–H and O–H groups in total. The maximum absolute atomic E-state index is 13.1. The van der Waals surface area contributed by atoms with Crippen molar-refractivity contribution in [2.45, 2.75) is 25.2 Å². The molecule has 0 radical (unpaired) electrons. The van der Waals surface area contributed by atoms with Gasteiger partial charge in [-0.15, -0.1) is 0 Å². The van der Waals surface area contributed by atoms with Gasteiger partial charge in [-0.3, -0.25) is 0 Å². The van der Waals surface area contributed by atoms with Crippen molar-refractivity contribution in [3.05, 3.63) is 59.4 Å². The van der Waals surface area contributed by atoms with E-state index in [0.717, 1.165) is 6.42 Å². The van der Waals surface area contributed by atoms with Gasteiger partial charge < -0.3 is 4.90 Å². The molecule has 1 aliphatic heterocycles. The fraction of sp³-hybridized carbons (Fsp3) is 0.368. The van der Waals surface area contributed by atoms with Crippen molar-refractivity contribution < 1.29 is 12.8 Å². The Balaban J connectivity index is 1.77. The molecule has 0 bridgehead atoms. The highest BCUT2D eigenvalue weighted by Crippen LogP contribution is 2.28. The van der Waals surface area contributed by atoms with Crippen molar-refractivity contribution in [2.24, 2.45) is 0 Å². The number of hydrogen-bond acceptors (Lipinski definition) is 3. The highest BCUT2D eigenvalue weighted by molar-refractivity contribution is 7.89. The number of hydrogen-bond donors (Lipinski definition) is 0. The summed E-state index contributed by atoms with van der Waals surface area (Å²) in [6, 6.07) is 11.3. The van der Waals surface area contributed by atoms with Crippen molar-refractivity contribution in [2.75, 3.05) is 31.1 Å². The van der Waals surface area contributed by atoms with Gasteiger partial charge in [0.1, 0.15) is 5.82 Å². The van der Waals surface area contributed by atoms with Crippen molar-refractivity contribution in [1.29, 1.82) is 0 Å². The topological polar surface area (TPSA) is 40.6 Å². The van der Waals surface area contributed by atoms with E-state index < -0.39 is 15.8 Å². The summed E-state index contributed by atoms with van der Waals surface area (Å²) in [6.45, 7) is 6.38. The van der Waals surface area contributed by atoms with E-state index in [1.54, 1.807) is 0 Å². The largest absolute Gasteiger partial charge is 0.368 e. The molecular weight excluding hydrogens is 339 g/mol. The Morgan fingerprint density at radius 2 is 1.64 bits per heavy atom. The summed E-state index contributed by atoms with van der Waals surface area (Å²) in [5, 5.41) is 0. The number of para-hydroxylation sites is 1. The lowest BCUT2D eigenvalue weighted by atomic mass is 10.0. The summed E-state index contributed by atoms with van der Waals surface area (Å²) in [6.07, 6.45) is 0.950. The summed E-state index contributed by atoms with van der Waals surface area (Å²) in [7, 11) is -3.57. The molecule has 1 fully saturated rings. The van der Waals surface area contributed by atoms with Crippen LogP contribution in [0.4, 0.5) is 10.1 Å². The third-order valence-electron chi connectivity index (χ3n) is 4.71. The van der Waals surface area contributed by atoms with Crippen LogP contribution < -0.4 is 4.90 Å². The van der Waals surface area contributed by atoms with Crippen LogP contribution in [0.3, 0.4) is 0 Å². The molecule has 134 valence electrons. The quantitative estimate of drug-likeness (QED) is 0.839. The van der Waals surface area contributed by atoms with E-state index in [1.807, 2.05) is 0 Å². The molecule has 0 aromatic heterocycles. The van der Waals surface area contributed by atoms with Gasteiger partial charge in [0, 0.05) is 31.9 Å². The molecule has 0 atom stereocenters. The Kier molecular flexibility index (Phi) is 5.11. The summed E-state index contributed by atoms with van der Waals surface area (Å²) in [5.74, 6) is -0.435. The summed E-state index contributed by atoms with van der Waals surface area (Å²) in [4.78, 5) is 2.41. The maximum Gasteiger partial charge on any atom is 0.243 e. The lowest BCUT2D eigenvalue weighted by Gasteiger charge is -2.37. The SMILES string of the molecule is CCc1cccc(C)c1N1CCN(S(=O)(=O)c2ccc(F)cc2)CC1. The van der Waals surface area contributed by atoms with Crippen LogP contribution in [0.2, 0.25) is 0 Å². The van der Waals surface area contributed by atoms with E-state index >= 15 is 0 Å². The number of nitrogens with zero attached hydrogens (tertiary/aromatic N) is 2. The number of aryl methyl sites for hydroxylation is 2. The molecule has 2 aromatic rings. The molecule has 6 heteroatoms. The van der Waals surface area contributed by atoms with E-state index in [1.165, 1.54) is 45.4 Å². The highest BCUT2D eigenvalue weighted by Gasteiger charge is 2.29. The molecule has 4 nitrogen and oxygen atoms in total. The van der Waals surface area contributed by atoms with Gasteiger partial charge in [-0.25, -0.2) is 12.8 Å². The molecular formula is C19H23FN2O2S. The monoisotopic (exact) mass is 362 g/mol. The predicted octanol–water partition coefficient (Wildman–Crippen LogP) is 3.21. The van der Waals surface area contributed by atoms with E-state index in [9.17, 15) is 12.8 Å². The first-order valence-corrected chi connectivity index (χ1v) is 9.96. The van der Waals surface area contributed by atoms with Crippen molar-refractivity contribution >= 4 is 15.7 Å². The second-order valence-corrected chi connectivity index (χ2v) is 8.22. The first kappa shape index (κ1) is 17.9. The minimum Gasteiger partial charge on any atom is -0.368 e. The van der Waals surface area contributed by atoms with E-state index in [-0.39, 0.29) is 4.90 Å². The van der Waals surface area contributed by atoms with Gasteiger partial charge in [-0.1, -0.05) is 25.1 Å². The molecule has 0 saturated carbocycles. The Labute approximate surface area is 148 Å². The Morgan fingerprint density at radius 1 is 1.00 bits per heavy atom. The molecule has 0 amide bonds. The zero-order chi connectivity index (χ0) is 18.0. The highest BCUT2D eigenvalue weighted by atomic mass is 32.2. The maximum atomic E-state index is 13.1. The number of sulfonamides is 1. The van der Waals surface area contributed by atoms with Crippen LogP contribution in [0.5, 0.6) is 0 Å². The second kappa shape index (κ2) is 7.14. The van der Waals surface area contributed by atoms with Gasteiger partial charge in [-0.05, 0) is 48.7 Å².